The van der Waals surface area contributed by atoms with E-state index in [4.69, 9.17) is 5.11 Å². The van der Waals surface area contributed by atoms with Crippen LogP contribution in [0.25, 0.3) is 0 Å². The fourth-order valence-corrected chi connectivity index (χ4v) is 1.82. The molecule has 0 saturated heterocycles. The van der Waals surface area contributed by atoms with E-state index in [0.29, 0.717) is 6.54 Å². The Morgan fingerprint density at radius 3 is 2.56 bits per heavy atom. The minimum atomic E-state index is -0.653. The van der Waals surface area contributed by atoms with Crippen LogP contribution in [0, 0.1) is 5.41 Å². The highest BCUT2D eigenvalue weighted by atomic mass is 16.4. The smallest absolute Gasteiger partial charge is 0.310 e. The predicted molar refractivity (Wildman–Crippen MR) is 62.3 cm³/mol. The topological polar surface area (TPSA) is 49.3 Å². The molecule has 0 spiro atoms. The number of hydrogen-bond donors (Lipinski definition) is 2. The van der Waals surface area contributed by atoms with Gasteiger partial charge in [-0.15, -0.1) is 0 Å². The highest BCUT2D eigenvalue weighted by Crippen LogP contribution is 2.45. The second kappa shape index (κ2) is 4.66. The molecule has 0 unspecified atom stereocenters. The van der Waals surface area contributed by atoms with Crippen LogP contribution >= 0.6 is 0 Å². The number of hydrogen-bond acceptors (Lipinski definition) is 2. The van der Waals surface area contributed by atoms with Crippen LogP contribution in [0.4, 0.5) is 0 Å². The Morgan fingerprint density at radius 1 is 1.31 bits per heavy atom. The molecule has 0 aliphatic heterocycles. The summed E-state index contributed by atoms with van der Waals surface area (Å²) in [5, 5.41) is 12.2. The molecule has 1 aliphatic rings. The number of rotatable bonds is 6. The van der Waals surface area contributed by atoms with Gasteiger partial charge in [-0.1, -0.05) is 30.3 Å². The minimum absolute atomic E-state index is 0.448. The maximum Gasteiger partial charge on any atom is 0.310 e. The first-order chi connectivity index (χ1) is 7.73. The molecule has 1 aliphatic carbocycles. The molecule has 16 heavy (non-hydrogen) atoms. The molecular weight excluding hydrogens is 202 g/mol. The Balaban J connectivity index is 1.68. The van der Waals surface area contributed by atoms with E-state index in [-0.39, 0.29) is 0 Å². The lowest BCUT2D eigenvalue weighted by Gasteiger charge is -2.10. The lowest BCUT2D eigenvalue weighted by Crippen LogP contribution is -2.31. The highest BCUT2D eigenvalue weighted by Gasteiger charge is 2.49. The molecule has 3 nitrogen and oxygen atoms in total. The zero-order chi connectivity index (χ0) is 11.4. The van der Waals surface area contributed by atoms with Crippen molar-refractivity contribution in [3.63, 3.8) is 0 Å². The normalized spacial score (nSPS) is 17.0. The quantitative estimate of drug-likeness (QED) is 0.716. The summed E-state index contributed by atoms with van der Waals surface area (Å²) in [5.74, 6) is -0.653. The third kappa shape index (κ3) is 2.61. The molecule has 3 heteroatoms. The van der Waals surface area contributed by atoms with E-state index < -0.39 is 11.4 Å². The Labute approximate surface area is 95.5 Å². The monoisotopic (exact) mass is 219 g/mol. The molecule has 0 aromatic heterocycles. The zero-order valence-electron chi connectivity index (χ0n) is 9.28. The maximum atomic E-state index is 10.9. The third-order valence-corrected chi connectivity index (χ3v) is 3.20. The van der Waals surface area contributed by atoms with E-state index in [1.165, 1.54) is 5.56 Å². The second-order valence-corrected chi connectivity index (χ2v) is 4.50. The van der Waals surface area contributed by atoms with Crippen LogP contribution in [0.15, 0.2) is 30.3 Å². The van der Waals surface area contributed by atoms with E-state index >= 15 is 0 Å². The number of carboxylic acid groups (broad SMARTS) is 1. The van der Waals surface area contributed by atoms with Crippen LogP contribution in [0.3, 0.4) is 0 Å². The Morgan fingerprint density at radius 2 is 2.00 bits per heavy atom. The largest absolute Gasteiger partial charge is 0.481 e. The van der Waals surface area contributed by atoms with Crippen molar-refractivity contribution in [1.82, 2.24) is 5.32 Å². The SMILES string of the molecule is O=C(O)C1(CNCCc2ccccc2)CC1. The summed E-state index contributed by atoms with van der Waals surface area (Å²) in [6.07, 6.45) is 2.60. The van der Waals surface area contributed by atoms with E-state index in [2.05, 4.69) is 17.4 Å². The third-order valence-electron chi connectivity index (χ3n) is 3.20. The van der Waals surface area contributed by atoms with Gasteiger partial charge in [-0.3, -0.25) is 4.79 Å². The number of nitrogens with one attached hydrogen (secondary N) is 1. The van der Waals surface area contributed by atoms with Crippen molar-refractivity contribution in [2.24, 2.45) is 5.41 Å². The van der Waals surface area contributed by atoms with Crippen molar-refractivity contribution in [2.45, 2.75) is 19.3 Å². The average molecular weight is 219 g/mol. The summed E-state index contributed by atoms with van der Waals surface area (Å²) in [6.45, 7) is 1.45. The molecule has 0 radical (unpaired) electrons. The van der Waals surface area contributed by atoms with Crippen LogP contribution in [-0.2, 0) is 11.2 Å². The minimum Gasteiger partial charge on any atom is -0.481 e. The van der Waals surface area contributed by atoms with Gasteiger partial charge in [0.05, 0.1) is 5.41 Å². The van der Waals surface area contributed by atoms with Crippen LogP contribution in [0.2, 0.25) is 0 Å². The fraction of sp³-hybridized carbons (Fsp3) is 0.462. The van der Waals surface area contributed by atoms with Gasteiger partial charge in [0.2, 0.25) is 0 Å². The molecule has 0 bridgehead atoms. The van der Waals surface area contributed by atoms with Crippen molar-refractivity contribution in [3.05, 3.63) is 35.9 Å². The van der Waals surface area contributed by atoms with E-state index in [9.17, 15) is 4.79 Å². The van der Waals surface area contributed by atoms with Crippen molar-refractivity contribution < 1.29 is 9.90 Å². The fourth-order valence-electron chi connectivity index (χ4n) is 1.82. The molecule has 0 atom stereocenters. The van der Waals surface area contributed by atoms with Crippen LogP contribution in [0.1, 0.15) is 18.4 Å². The van der Waals surface area contributed by atoms with Gasteiger partial charge in [0.15, 0.2) is 0 Å². The lowest BCUT2D eigenvalue weighted by atomic mass is 10.1. The van der Waals surface area contributed by atoms with Crippen molar-refractivity contribution in [1.29, 1.82) is 0 Å². The average Bonchev–Trinajstić information content (AvgIpc) is 3.07. The first-order valence-electron chi connectivity index (χ1n) is 5.71. The van der Waals surface area contributed by atoms with Gasteiger partial charge in [-0.2, -0.15) is 0 Å². The van der Waals surface area contributed by atoms with Gasteiger partial charge in [0, 0.05) is 6.54 Å². The molecule has 1 aromatic rings. The molecule has 0 amide bonds. The predicted octanol–water partition coefficient (Wildman–Crippen LogP) is 1.68. The molecule has 1 aromatic carbocycles. The lowest BCUT2D eigenvalue weighted by molar-refractivity contribution is -0.143. The summed E-state index contributed by atoms with van der Waals surface area (Å²) >= 11 is 0. The van der Waals surface area contributed by atoms with Gasteiger partial charge >= 0.3 is 5.97 Å². The summed E-state index contributed by atoms with van der Waals surface area (Å²) in [5.41, 5.74) is 0.839. The number of benzene rings is 1. The molecule has 1 fully saturated rings. The van der Waals surface area contributed by atoms with Crippen LogP contribution < -0.4 is 5.32 Å². The number of carbonyl (C=O) groups is 1. The summed E-state index contributed by atoms with van der Waals surface area (Å²) < 4.78 is 0. The molecule has 1 saturated carbocycles. The molecule has 0 heterocycles. The van der Waals surface area contributed by atoms with Crippen LogP contribution in [-0.4, -0.2) is 24.2 Å². The second-order valence-electron chi connectivity index (χ2n) is 4.50. The number of aliphatic carboxylic acids is 1. The van der Waals surface area contributed by atoms with Gasteiger partial charge in [-0.25, -0.2) is 0 Å². The molecule has 2 N–H and O–H groups in total. The number of carboxylic acids is 1. The zero-order valence-corrected chi connectivity index (χ0v) is 9.28. The van der Waals surface area contributed by atoms with Gasteiger partial charge < -0.3 is 10.4 Å². The van der Waals surface area contributed by atoms with E-state index in [0.717, 1.165) is 25.8 Å². The van der Waals surface area contributed by atoms with Crippen LogP contribution in [0.5, 0.6) is 0 Å². The maximum absolute atomic E-state index is 10.9. The Kier molecular flexibility index (Phi) is 3.25. The first-order valence-corrected chi connectivity index (χ1v) is 5.71. The molecule has 86 valence electrons. The van der Waals surface area contributed by atoms with Gasteiger partial charge in [-0.05, 0) is 31.4 Å². The summed E-state index contributed by atoms with van der Waals surface area (Å²) in [6, 6.07) is 10.2. The standard InChI is InChI=1S/C13H17NO2/c15-12(16)13(7-8-13)10-14-9-6-11-4-2-1-3-5-11/h1-5,14H,6-10H2,(H,15,16). The van der Waals surface area contributed by atoms with Crippen molar-refractivity contribution in [2.75, 3.05) is 13.1 Å². The summed E-state index contributed by atoms with van der Waals surface area (Å²) in [4.78, 5) is 10.9. The van der Waals surface area contributed by atoms with E-state index in [1.807, 2.05) is 18.2 Å². The van der Waals surface area contributed by atoms with Gasteiger partial charge in [0.1, 0.15) is 0 Å². The van der Waals surface area contributed by atoms with Crippen molar-refractivity contribution >= 4 is 5.97 Å². The highest BCUT2D eigenvalue weighted by molar-refractivity contribution is 5.78. The molecular formula is C13H17NO2. The first kappa shape index (κ1) is 11.1. The Bertz CT molecular complexity index is 357. The van der Waals surface area contributed by atoms with Crippen molar-refractivity contribution in [3.8, 4) is 0 Å². The Hall–Kier alpha value is -1.35. The van der Waals surface area contributed by atoms with Gasteiger partial charge in [0.25, 0.3) is 0 Å². The summed E-state index contributed by atoms with van der Waals surface area (Å²) in [7, 11) is 0. The van der Waals surface area contributed by atoms with E-state index in [1.54, 1.807) is 0 Å². The molecule has 2 rings (SSSR count).